The van der Waals surface area contributed by atoms with Gasteiger partial charge < -0.3 is 9.84 Å². The fourth-order valence-electron chi connectivity index (χ4n) is 1.89. The van der Waals surface area contributed by atoms with Crippen LogP contribution >= 0.6 is 27.7 Å². The summed E-state index contributed by atoms with van der Waals surface area (Å²) in [5.74, 6) is 0.0173. The molecule has 0 aromatic heterocycles. The summed E-state index contributed by atoms with van der Waals surface area (Å²) in [5, 5.41) is 9.42. The maximum Gasteiger partial charge on any atom is 0.293 e. The molecular weight excluding hydrogens is 358 g/mol. The highest BCUT2D eigenvalue weighted by Gasteiger charge is 2.34. The molecule has 0 radical (unpaired) electrons. The van der Waals surface area contributed by atoms with Gasteiger partial charge in [-0.2, -0.15) is 0 Å². The summed E-state index contributed by atoms with van der Waals surface area (Å²) >= 11 is 4.24. The number of halogens is 1. The van der Waals surface area contributed by atoms with Crippen LogP contribution in [0.3, 0.4) is 0 Å². The molecular formula is C14H14BrNO4S. The summed E-state index contributed by atoms with van der Waals surface area (Å²) in [4.78, 5) is 25.6. The second kappa shape index (κ2) is 6.53. The normalized spacial score (nSPS) is 16.9. The van der Waals surface area contributed by atoms with Gasteiger partial charge in [-0.05, 0) is 42.0 Å². The average molecular weight is 372 g/mol. The highest BCUT2D eigenvalue weighted by Crippen LogP contribution is 2.37. The standard InChI is InChI=1S/C14H14BrNO4S/c1-3-4-16-13(18)12(21-14(16)19)6-8-5-11(20-2)10(17)7-9(8)15/h5-7,17H,3-4H2,1-2H3/b12-6+. The molecule has 0 unspecified atom stereocenters. The zero-order valence-electron chi connectivity index (χ0n) is 11.6. The SMILES string of the molecule is CCCN1C(=O)S/C(=C/c2cc(OC)c(O)cc2Br)C1=O. The van der Waals surface area contributed by atoms with E-state index in [-0.39, 0.29) is 16.9 Å². The van der Waals surface area contributed by atoms with E-state index in [0.29, 0.717) is 27.2 Å². The van der Waals surface area contributed by atoms with Gasteiger partial charge in [0, 0.05) is 11.0 Å². The predicted octanol–water partition coefficient (Wildman–Crippen LogP) is 3.61. The summed E-state index contributed by atoms with van der Waals surface area (Å²) in [6.45, 7) is 2.33. The van der Waals surface area contributed by atoms with Crippen molar-refractivity contribution in [1.29, 1.82) is 0 Å². The number of ether oxygens (including phenoxy) is 1. The average Bonchev–Trinajstić information content (AvgIpc) is 2.70. The lowest BCUT2D eigenvalue weighted by molar-refractivity contribution is -0.122. The number of carbonyl (C=O) groups excluding carboxylic acids is 2. The monoisotopic (exact) mass is 371 g/mol. The second-order valence-corrected chi connectivity index (χ2v) is 6.23. The number of amides is 2. The van der Waals surface area contributed by atoms with Crippen LogP contribution in [0.15, 0.2) is 21.5 Å². The predicted molar refractivity (Wildman–Crippen MR) is 85.3 cm³/mol. The molecule has 1 aliphatic rings. The number of hydrogen-bond donors (Lipinski definition) is 1. The Balaban J connectivity index is 2.37. The van der Waals surface area contributed by atoms with Gasteiger partial charge in [0.2, 0.25) is 0 Å². The molecule has 1 aromatic carbocycles. The van der Waals surface area contributed by atoms with E-state index in [2.05, 4.69) is 15.9 Å². The molecule has 0 saturated carbocycles. The molecule has 1 heterocycles. The first-order chi connectivity index (χ1) is 9.97. The fourth-order valence-corrected chi connectivity index (χ4v) is 3.19. The Bertz CT molecular complexity index is 630. The van der Waals surface area contributed by atoms with E-state index in [9.17, 15) is 14.7 Å². The summed E-state index contributed by atoms with van der Waals surface area (Å²) in [6, 6.07) is 3.09. The smallest absolute Gasteiger partial charge is 0.293 e. The third-order valence-corrected chi connectivity index (χ3v) is 4.50. The topological polar surface area (TPSA) is 66.8 Å². The number of carbonyl (C=O) groups is 2. The van der Waals surface area contributed by atoms with Crippen LogP contribution in [0.5, 0.6) is 11.5 Å². The van der Waals surface area contributed by atoms with Crippen LogP contribution in [0.1, 0.15) is 18.9 Å². The molecule has 7 heteroatoms. The van der Waals surface area contributed by atoms with E-state index in [1.165, 1.54) is 18.1 Å². The Morgan fingerprint density at radius 2 is 2.14 bits per heavy atom. The van der Waals surface area contributed by atoms with Crippen molar-refractivity contribution in [2.24, 2.45) is 0 Å². The Labute approximate surface area is 135 Å². The van der Waals surface area contributed by atoms with Gasteiger partial charge in [-0.3, -0.25) is 14.5 Å². The van der Waals surface area contributed by atoms with Crippen molar-refractivity contribution in [3.05, 3.63) is 27.1 Å². The molecule has 0 aliphatic carbocycles. The number of phenols is 1. The van der Waals surface area contributed by atoms with Gasteiger partial charge in [0.1, 0.15) is 0 Å². The molecule has 0 bridgehead atoms. The maximum absolute atomic E-state index is 12.2. The van der Waals surface area contributed by atoms with Crippen molar-refractivity contribution >= 4 is 44.9 Å². The number of hydrogen-bond acceptors (Lipinski definition) is 5. The number of phenolic OH excluding ortho intramolecular Hbond substituents is 1. The summed E-state index contributed by atoms with van der Waals surface area (Å²) < 4.78 is 5.66. The van der Waals surface area contributed by atoms with Crippen LogP contribution in [0.25, 0.3) is 6.08 Å². The molecule has 5 nitrogen and oxygen atoms in total. The van der Waals surface area contributed by atoms with Crippen LogP contribution < -0.4 is 4.74 Å². The van der Waals surface area contributed by atoms with Crippen molar-refractivity contribution in [1.82, 2.24) is 4.90 Å². The Hall–Kier alpha value is -1.47. The van der Waals surface area contributed by atoms with Gasteiger partial charge in [0.15, 0.2) is 11.5 Å². The number of nitrogens with zero attached hydrogens (tertiary/aromatic N) is 1. The third-order valence-electron chi connectivity index (χ3n) is 2.91. The largest absolute Gasteiger partial charge is 0.504 e. The zero-order valence-corrected chi connectivity index (χ0v) is 14.0. The van der Waals surface area contributed by atoms with Crippen molar-refractivity contribution in [3.63, 3.8) is 0 Å². The molecule has 1 saturated heterocycles. The molecule has 2 rings (SSSR count). The van der Waals surface area contributed by atoms with Crippen LogP contribution in [0, 0.1) is 0 Å². The van der Waals surface area contributed by atoms with Gasteiger partial charge in [0.25, 0.3) is 11.1 Å². The maximum atomic E-state index is 12.2. The van der Waals surface area contributed by atoms with E-state index in [4.69, 9.17) is 4.74 Å². The van der Waals surface area contributed by atoms with E-state index in [1.54, 1.807) is 12.1 Å². The first-order valence-electron chi connectivity index (χ1n) is 6.29. The first-order valence-corrected chi connectivity index (χ1v) is 7.90. The fraction of sp³-hybridized carbons (Fsp3) is 0.286. The van der Waals surface area contributed by atoms with Crippen molar-refractivity contribution in [2.45, 2.75) is 13.3 Å². The van der Waals surface area contributed by atoms with Gasteiger partial charge in [-0.1, -0.05) is 22.9 Å². The van der Waals surface area contributed by atoms with Crippen LogP contribution in [0.4, 0.5) is 4.79 Å². The van der Waals surface area contributed by atoms with Crippen LogP contribution in [-0.4, -0.2) is 34.8 Å². The molecule has 1 fully saturated rings. The van der Waals surface area contributed by atoms with Gasteiger partial charge in [-0.25, -0.2) is 0 Å². The van der Waals surface area contributed by atoms with E-state index in [1.807, 2.05) is 6.92 Å². The molecule has 112 valence electrons. The number of aromatic hydroxyl groups is 1. The Morgan fingerprint density at radius 3 is 2.76 bits per heavy atom. The number of rotatable bonds is 4. The summed E-state index contributed by atoms with van der Waals surface area (Å²) in [6.07, 6.45) is 2.34. The Morgan fingerprint density at radius 1 is 1.43 bits per heavy atom. The second-order valence-electron chi connectivity index (χ2n) is 4.38. The van der Waals surface area contributed by atoms with Gasteiger partial charge in [-0.15, -0.1) is 0 Å². The first kappa shape index (κ1) is 15.9. The third kappa shape index (κ3) is 3.24. The minimum absolute atomic E-state index is 0.000567. The molecule has 21 heavy (non-hydrogen) atoms. The quantitative estimate of drug-likeness (QED) is 0.818. The number of thioether (sulfide) groups is 1. The molecule has 1 aliphatic heterocycles. The lowest BCUT2D eigenvalue weighted by atomic mass is 10.2. The van der Waals surface area contributed by atoms with Crippen LogP contribution in [-0.2, 0) is 4.79 Å². The van der Waals surface area contributed by atoms with Crippen molar-refractivity contribution < 1.29 is 19.4 Å². The Kier molecular flexibility index (Phi) is 4.95. The van der Waals surface area contributed by atoms with Gasteiger partial charge >= 0.3 is 0 Å². The van der Waals surface area contributed by atoms with E-state index in [0.717, 1.165) is 18.2 Å². The van der Waals surface area contributed by atoms with Crippen molar-refractivity contribution in [2.75, 3.05) is 13.7 Å². The minimum atomic E-state index is -0.286. The number of benzene rings is 1. The van der Waals surface area contributed by atoms with Crippen LogP contribution in [0.2, 0.25) is 0 Å². The number of imide groups is 1. The zero-order chi connectivity index (χ0) is 15.6. The molecule has 0 atom stereocenters. The molecule has 0 spiro atoms. The lowest BCUT2D eigenvalue weighted by Crippen LogP contribution is -2.28. The van der Waals surface area contributed by atoms with E-state index < -0.39 is 0 Å². The lowest BCUT2D eigenvalue weighted by Gasteiger charge is -2.10. The highest BCUT2D eigenvalue weighted by atomic mass is 79.9. The number of methoxy groups -OCH3 is 1. The summed E-state index contributed by atoms with van der Waals surface area (Å²) in [7, 11) is 1.45. The molecule has 1 N–H and O–H groups in total. The minimum Gasteiger partial charge on any atom is -0.504 e. The highest BCUT2D eigenvalue weighted by molar-refractivity contribution is 9.10. The van der Waals surface area contributed by atoms with Gasteiger partial charge in [0.05, 0.1) is 12.0 Å². The molecule has 2 amide bonds. The van der Waals surface area contributed by atoms with Crippen molar-refractivity contribution in [3.8, 4) is 11.5 Å². The summed E-state index contributed by atoms with van der Waals surface area (Å²) in [5.41, 5.74) is 0.659. The molecule has 1 aromatic rings. The van der Waals surface area contributed by atoms with E-state index >= 15 is 0 Å².